The number of rotatable bonds is 10. The molecule has 18 heavy (non-hydrogen) atoms. The van der Waals surface area contributed by atoms with Gasteiger partial charge in [-0.15, -0.1) is 0 Å². The van der Waals surface area contributed by atoms with Gasteiger partial charge in [-0.2, -0.15) is 0 Å². The fraction of sp³-hybridized carbons (Fsp3) is 0.875. The molecule has 0 aromatic heterocycles. The Kier molecular flexibility index (Phi) is 7.95. The lowest BCUT2D eigenvalue weighted by molar-refractivity contribution is 0.160. The van der Waals surface area contributed by atoms with Crippen LogP contribution in [0.2, 0.25) is 0 Å². The third-order valence-electron chi connectivity index (χ3n) is 3.93. The molecule has 0 radical (unpaired) electrons. The van der Waals surface area contributed by atoms with Crippen LogP contribution in [0.25, 0.3) is 0 Å². The summed E-state index contributed by atoms with van der Waals surface area (Å²) in [7, 11) is 2.21. The van der Waals surface area contributed by atoms with Crippen LogP contribution in [0.3, 0.4) is 0 Å². The standard InChI is InChI=1S/C16H32N2/c1-4-6-8-9-10-11-12-16-17(3)14-15-18(16)13-7-5-2/h14-16H,4-13H2,1-3H3. The van der Waals surface area contributed by atoms with Crippen LogP contribution in [0.4, 0.5) is 0 Å². The van der Waals surface area contributed by atoms with Gasteiger partial charge in [0.15, 0.2) is 0 Å². The molecule has 2 heteroatoms. The Morgan fingerprint density at radius 1 is 0.833 bits per heavy atom. The maximum absolute atomic E-state index is 2.52. The number of hydrogen-bond donors (Lipinski definition) is 0. The van der Waals surface area contributed by atoms with E-state index in [1.54, 1.807) is 0 Å². The quantitative estimate of drug-likeness (QED) is 0.525. The number of nitrogens with zero attached hydrogens (tertiary/aromatic N) is 2. The summed E-state index contributed by atoms with van der Waals surface area (Å²) in [5, 5.41) is 0. The van der Waals surface area contributed by atoms with Gasteiger partial charge >= 0.3 is 0 Å². The molecule has 0 saturated heterocycles. The summed E-state index contributed by atoms with van der Waals surface area (Å²) in [4.78, 5) is 4.90. The summed E-state index contributed by atoms with van der Waals surface area (Å²) in [5.74, 6) is 0. The molecule has 0 aliphatic carbocycles. The lowest BCUT2D eigenvalue weighted by atomic mass is 10.1. The highest BCUT2D eigenvalue weighted by Crippen LogP contribution is 2.20. The zero-order valence-corrected chi connectivity index (χ0v) is 12.7. The third kappa shape index (κ3) is 5.32. The zero-order chi connectivity index (χ0) is 13.2. The van der Waals surface area contributed by atoms with Crippen LogP contribution in [0.1, 0.15) is 71.6 Å². The van der Waals surface area contributed by atoms with Crippen molar-refractivity contribution in [2.24, 2.45) is 0 Å². The second kappa shape index (κ2) is 9.29. The van der Waals surface area contributed by atoms with Crippen molar-refractivity contribution in [2.45, 2.75) is 77.8 Å². The first kappa shape index (κ1) is 15.4. The van der Waals surface area contributed by atoms with Gasteiger partial charge in [0.2, 0.25) is 0 Å². The van der Waals surface area contributed by atoms with Crippen LogP contribution in [0.15, 0.2) is 12.4 Å². The smallest absolute Gasteiger partial charge is 0.100 e. The van der Waals surface area contributed by atoms with Crippen LogP contribution < -0.4 is 0 Å². The van der Waals surface area contributed by atoms with Crippen LogP contribution in [0, 0.1) is 0 Å². The second-order valence-electron chi connectivity index (χ2n) is 5.59. The summed E-state index contributed by atoms with van der Waals surface area (Å²) in [5.41, 5.74) is 0. The van der Waals surface area contributed by atoms with Crippen LogP contribution >= 0.6 is 0 Å². The van der Waals surface area contributed by atoms with Gasteiger partial charge in [-0.3, -0.25) is 0 Å². The molecule has 0 bridgehead atoms. The molecule has 1 unspecified atom stereocenters. The average Bonchev–Trinajstić information content (AvgIpc) is 2.72. The SMILES string of the molecule is CCCCCCCCC1N(C)C=CN1CCCC. The maximum atomic E-state index is 2.52. The lowest BCUT2D eigenvalue weighted by Gasteiger charge is -2.30. The van der Waals surface area contributed by atoms with Crippen molar-refractivity contribution < 1.29 is 0 Å². The van der Waals surface area contributed by atoms with Crippen molar-refractivity contribution in [3.05, 3.63) is 12.4 Å². The van der Waals surface area contributed by atoms with Crippen molar-refractivity contribution in [3.63, 3.8) is 0 Å². The molecule has 0 aromatic rings. The van der Waals surface area contributed by atoms with Crippen molar-refractivity contribution >= 4 is 0 Å². The molecule has 106 valence electrons. The van der Waals surface area contributed by atoms with Gasteiger partial charge in [0.05, 0.1) is 0 Å². The van der Waals surface area contributed by atoms with Gasteiger partial charge in [0.1, 0.15) is 6.17 Å². The van der Waals surface area contributed by atoms with E-state index >= 15 is 0 Å². The highest BCUT2D eigenvalue weighted by molar-refractivity contribution is 4.95. The highest BCUT2D eigenvalue weighted by atomic mass is 15.4. The third-order valence-corrected chi connectivity index (χ3v) is 3.93. The minimum Gasteiger partial charge on any atom is -0.359 e. The summed E-state index contributed by atoms with van der Waals surface area (Å²) in [6, 6.07) is 0. The topological polar surface area (TPSA) is 6.48 Å². The molecule has 1 aliphatic rings. The Labute approximate surface area is 114 Å². The molecule has 1 aliphatic heterocycles. The fourth-order valence-electron chi connectivity index (χ4n) is 2.66. The Balaban J connectivity index is 2.14. The molecule has 0 aromatic carbocycles. The Hall–Kier alpha value is -0.660. The Morgan fingerprint density at radius 2 is 1.50 bits per heavy atom. The predicted molar refractivity (Wildman–Crippen MR) is 80.3 cm³/mol. The molecule has 0 spiro atoms. The number of hydrogen-bond acceptors (Lipinski definition) is 2. The van der Waals surface area contributed by atoms with Gasteiger partial charge in [-0.05, 0) is 19.3 Å². The fourth-order valence-corrected chi connectivity index (χ4v) is 2.66. The summed E-state index contributed by atoms with van der Waals surface area (Å²) >= 11 is 0. The monoisotopic (exact) mass is 252 g/mol. The van der Waals surface area contributed by atoms with Gasteiger partial charge < -0.3 is 9.80 Å². The first-order valence-corrected chi connectivity index (χ1v) is 7.95. The van der Waals surface area contributed by atoms with Crippen molar-refractivity contribution in [1.82, 2.24) is 9.80 Å². The molecular formula is C16H32N2. The molecule has 1 heterocycles. The number of unbranched alkanes of at least 4 members (excludes halogenated alkanes) is 6. The first-order chi connectivity index (χ1) is 8.79. The van der Waals surface area contributed by atoms with Gasteiger partial charge in [0.25, 0.3) is 0 Å². The van der Waals surface area contributed by atoms with E-state index < -0.39 is 0 Å². The van der Waals surface area contributed by atoms with E-state index in [0.717, 1.165) is 0 Å². The van der Waals surface area contributed by atoms with Crippen molar-refractivity contribution in [2.75, 3.05) is 13.6 Å². The van der Waals surface area contributed by atoms with E-state index in [1.165, 1.54) is 64.3 Å². The minimum absolute atomic E-state index is 0.628. The van der Waals surface area contributed by atoms with Crippen LogP contribution in [-0.4, -0.2) is 29.6 Å². The molecule has 0 saturated carbocycles. The van der Waals surface area contributed by atoms with E-state index in [4.69, 9.17) is 0 Å². The summed E-state index contributed by atoms with van der Waals surface area (Å²) in [6.45, 7) is 5.77. The van der Waals surface area contributed by atoms with Crippen molar-refractivity contribution in [3.8, 4) is 0 Å². The highest BCUT2D eigenvalue weighted by Gasteiger charge is 2.21. The van der Waals surface area contributed by atoms with E-state index in [9.17, 15) is 0 Å². The van der Waals surface area contributed by atoms with E-state index in [2.05, 4.69) is 43.1 Å². The van der Waals surface area contributed by atoms with Gasteiger partial charge in [-0.1, -0.05) is 52.4 Å². The molecule has 1 rings (SSSR count). The molecule has 1 atom stereocenters. The van der Waals surface area contributed by atoms with Gasteiger partial charge in [0, 0.05) is 26.0 Å². The van der Waals surface area contributed by atoms with Crippen LogP contribution in [0.5, 0.6) is 0 Å². The second-order valence-corrected chi connectivity index (χ2v) is 5.59. The molecular weight excluding hydrogens is 220 g/mol. The summed E-state index contributed by atoms with van der Waals surface area (Å²) in [6.07, 6.45) is 17.4. The molecule has 0 N–H and O–H groups in total. The first-order valence-electron chi connectivity index (χ1n) is 7.95. The van der Waals surface area contributed by atoms with E-state index in [-0.39, 0.29) is 0 Å². The normalized spacial score (nSPS) is 18.9. The molecule has 2 nitrogen and oxygen atoms in total. The largest absolute Gasteiger partial charge is 0.359 e. The van der Waals surface area contributed by atoms with Gasteiger partial charge in [-0.25, -0.2) is 0 Å². The zero-order valence-electron chi connectivity index (χ0n) is 12.7. The van der Waals surface area contributed by atoms with E-state index in [0.29, 0.717) is 6.17 Å². The molecule has 0 amide bonds. The molecule has 0 fully saturated rings. The Bertz CT molecular complexity index is 225. The lowest BCUT2D eigenvalue weighted by Crippen LogP contribution is -2.36. The predicted octanol–water partition coefficient (Wildman–Crippen LogP) is 4.58. The minimum atomic E-state index is 0.628. The Morgan fingerprint density at radius 3 is 2.22 bits per heavy atom. The average molecular weight is 252 g/mol. The van der Waals surface area contributed by atoms with E-state index in [1.807, 2.05) is 0 Å². The van der Waals surface area contributed by atoms with Crippen LogP contribution in [-0.2, 0) is 0 Å². The summed E-state index contributed by atoms with van der Waals surface area (Å²) < 4.78 is 0. The maximum Gasteiger partial charge on any atom is 0.100 e. The van der Waals surface area contributed by atoms with Crippen molar-refractivity contribution in [1.29, 1.82) is 0 Å².